The number of nitrogens with one attached hydrogen (secondary N) is 1. The van der Waals surface area contributed by atoms with Crippen LogP contribution in [0.25, 0.3) is 11.4 Å². The van der Waals surface area contributed by atoms with Crippen LogP contribution in [0.4, 0.5) is 20.3 Å². The summed E-state index contributed by atoms with van der Waals surface area (Å²) in [5.74, 6) is 0.629. The summed E-state index contributed by atoms with van der Waals surface area (Å²) in [6.45, 7) is 4.07. The van der Waals surface area contributed by atoms with Gasteiger partial charge in [0, 0.05) is 47.6 Å². The van der Waals surface area contributed by atoms with Crippen molar-refractivity contribution in [2.45, 2.75) is 24.7 Å². The number of benzene rings is 2. The number of anilines is 2. The lowest BCUT2D eigenvalue weighted by atomic mass is 10.1. The molecule has 0 unspecified atom stereocenters. The van der Waals surface area contributed by atoms with Gasteiger partial charge in [-0.2, -0.15) is 10.6 Å². The topological polar surface area (TPSA) is 108 Å². The molecule has 0 spiro atoms. The normalized spacial score (nSPS) is 17.7. The lowest BCUT2D eigenvalue weighted by molar-refractivity contribution is 0.102. The number of halogens is 2. The zero-order valence-electron chi connectivity index (χ0n) is 19.6. The number of carbonyl (C=O) groups excluding carboxylic acids is 1. The van der Waals surface area contributed by atoms with E-state index in [1.54, 1.807) is 12.1 Å². The van der Waals surface area contributed by atoms with Crippen molar-refractivity contribution < 1.29 is 27.4 Å². The van der Waals surface area contributed by atoms with Gasteiger partial charge in [-0.15, -0.1) is 0 Å². The molecule has 0 bridgehead atoms. The summed E-state index contributed by atoms with van der Waals surface area (Å²) >= 11 is 0. The van der Waals surface area contributed by atoms with Crippen LogP contribution in [0, 0.1) is 6.92 Å². The van der Waals surface area contributed by atoms with Gasteiger partial charge in [-0.1, -0.05) is 18.2 Å². The van der Waals surface area contributed by atoms with Crippen molar-refractivity contribution in [2.75, 3.05) is 42.3 Å². The smallest absolute Gasteiger partial charge is 0.263 e. The molecule has 0 saturated carbocycles. The number of fused-ring (bicyclic) bond motifs is 1. The van der Waals surface area contributed by atoms with Gasteiger partial charge in [-0.3, -0.25) is 13.9 Å². The van der Waals surface area contributed by atoms with Gasteiger partial charge in [0.05, 0.1) is 18.9 Å². The van der Waals surface area contributed by atoms with E-state index in [1.165, 1.54) is 24.3 Å². The van der Waals surface area contributed by atoms with Gasteiger partial charge >= 0.3 is 0 Å². The minimum Gasteiger partial charge on any atom is -0.378 e. The molecule has 1 amide bonds. The van der Waals surface area contributed by atoms with E-state index in [9.17, 15) is 22.7 Å². The Kier molecular flexibility index (Phi) is 6.64. The molecule has 1 aromatic heterocycles. The first-order valence-corrected chi connectivity index (χ1v) is 13.2. The maximum Gasteiger partial charge on any atom is 0.263 e. The van der Waals surface area contributed by atoms with Crippen molar-refractivity contribution in [2.24, 2.45) is 0 Å². The Balaban J connectivity index is 1.50. The number of aryl methyl sites for hydroxylation is 2. The van der Waals surface area contributed by atoms with Crippen LogP contribution in [0.1, 0.15) is 33.6 Å². The molecule has 190 valence electrons. The van der Waals surface area contributed by atoms with Crippen LogP contribution < -0.4 is 10.2 Å². The molecular weight excluding hydrogens is 490 g/mol. The van der Waals surface area contributed by atoms with E-state index in [4.69, 9.17) is 9.72 Å². The van der Waals surface area contributed by atoms with Crippen LogP contribution in [0.15, 0.2) is 47.4 Å². The highest BCUT2D eigenvalue weighted by Gasteiger charge is 2.35. The number of morpholine rings is 1. The number of alkyl halides is 2. The third kappa shape index (κ3) is 4.79. The maximum atomic E-state index is 13.0. The first-order chi connectivity index (χ1) is 17.2. The highest BCUT2D eigenvalue weighted by Crippen LogP contribution is 2.58. The second-order valence-corrected chi connectivity index (χ2v) is 10.9. The minimum absolute atomic E-state index is 0.128. The predicted octanol–water partition coefficient (Wildman–Crippen LogP) is 5.14. The molecule has 11 heteroatoms. The molecule has 5 rings (SSSR count). The molecule has 8 nitrogen and oxygen atoms in total. The summed E-state index contributed by atoms with van der Waals surface area (Å²) in [7, 11) is -2.98. The van der Waals surface area contributed by atoms with Gasteiger partial charge in [0.2, 0.25) is 0 Å². The summed E-state index contributed by atoms with van der Waals surface area (Å²) in [6.07, 6.45) is -2.24. The van der Waals surface area contributed by atoms with Crippen LogP contribution in [0.5, 0.6) is 0 Å². The van der Waals surface area contributed by atoms with Crippen molar-refractivity contribution in [3.05, 3.63) is 64.8 Å². The van der Waals surface area contributed by atoms with E-state index in [-0.39, 0.29) is 16.9 Å². The lowest BCUT2D eigenvalue weighted by Crippen LogP contribution is -2.37. The Morgan fingerprint density at radius 2 is 1.92 bits per heavy atom. The lowest BCUT2D eigenvalue weighted by Gasteiger charge is -2.34. The van der Waals surface area contributed by atoms with Gasteiger partial charge in [0.15, 0.2) is 11.6 Å². The first kappa shape index (κ1) is 24.6. The van der Waals surface area contributed by atoms with Crippen LogP contribution in [0.2, 0.25) is 0 Å². The molecule has 1 fully saturated rings. The number of hydrogen-bond donors (Lipinski definition) is 3. The van der Waals surface area contributed by atoms with Crippen molar-refractivity contribution in [1.82, 2.24) is 9.97 Å². The minimum atomic E-state index is -2.98. The number of rotatable bonds is 5. The van der Waals surface area contributed by atoms with Gasteiger partial charge in [-0.05, 0) is 36.8 Å². The highest BCUT2D eigenvalue weighted by molar-refractivity contribution is 8.24. The van der Waals surface area contributed by atoms with Crippen molar-refractivity contribution >= 4 is 28.0 Å². The molecule has 0 aliphatic carbocycles. The molecule has 3 aromatic rings. The van der Waals surface area contributed by atoms with Gasteiger partial charge in [0.25, 0.3) is 12.3 Å². The van der Waals surface area contributed by atoms with Crippen LogP contribution >= 0.6 is 10.6 Å². The number of hydrogen-bond acceptors (Lipinski definition) is 7. The number of ether oxygens (including phenoxy) is 1. The van der Waals surface area contributed by atoms with Crippen LogP contribution in [-0.2, 0) is 11.2 Å². The van der Waals surface area contributed by atoms with Gasteiger partial charge in [-0.25, -0.2) is 18.7 Å². The molecule has 36 heavy (non-hydrogen) atoms. The standard InChI is InChI=1S/C25H26F2N4O4S/c1-15-5-6-18(28-25(32)17-4-2-3-16(13-17)22(26)27)14-19(15)23-29-20-7-12-36(33,34)21(20)24(30-23)31-8-10-35-11-9-31/h2-6,13-14,22,33-34H,7-12H2,1H3,(H,28,32). The summed E-state index contributed by atoms with van der Waals surface area (Å²) in [5.41, 5.74) is 2.52. The molecule has 1 saturated heterocycles. The van der Waals surface area contributed by atoms with E-state index >= 15 is 0 Å². The monoisotopic (exact) mass is 516 g/mol. The molecular formula is C25H26F2N4O4S. The Labute approximate surface area is 208 Å². The van der Waals surface area contributed by atoms with Crippen LogP contribution in [0.3, 0.4) is 0 Å². The third-order valence-electron chi connectivity index (χ3n) is 6.32. The van der Waals surface area contributed by atoms with Gasteiger partial charge in [0.1, 0.15) is 4.90 Å². The summed E-state index contributed by atoms with van der Waals surface area (Å²) in [6, 6.07) is 10.6. The number of aromatic nitrogens is 2. The Morgan fingerprint density at radius 3 is 2.67 bits per heavy atom. The zero-order valence-corrected chi connectivity index (χ0v) is 20.4. The molecule has 2 aromatic carbocycles. The van der Waals surface area contributed by atoms with Crippen molar-refractivity contribution in [3.63, 3.8) is 0 Å². The Bertz CT molecular complexity index is 1320. The predicted molar refractivity (Wildman–Crippen MR) is 134 cm³/mol. The fourth-order valence-electron chi connectivity index (χ4n) is 4.40. The largest absolute Gasteiger partial charge is 0.378 e. The van der Waals surface area contributed by atoms with Crippen molar-refractivity contribution in [1.29, 1.82) is 0 Å². The Hall–Kier alpha value is -3.12. The van der Waals surface area contributed by atoms with E-state index in [2.05, 4.69) is 10.3 Å². The molecule has 0 atom stereocenters. The number of amides is 1. The average molecular weight is 517 g/mol. The highest BCUT2D eigenvalue weighted by atomic mass is 32.3. The fraction of sp³-hybridized carbons (Fsp3) is 0.320. The van der Waals surface area contributed by atoms with Crippen LogP contribution in [-0.4, -0.2) is 57.0 Å². The average Bonchev–Trinajstić information content (AvgIpc) is 3.19. The summed E-state index contributed by atoms with van der Waals surface area (Å²) in [4.78, 5) is 24.6. The van der Waals surface area contributed by atoms with E-state index in [0.29, 0.717) is 66.2 Å². The third-order valence-corrected chi connectivity index (χ3v) is 8.16. The molecule has 2 aliphatic heterocycles. The zero-order chi connectivity index (χ0) is 25.4. The Morgan fingerprint density at radius 1 is 1.14 bits per heavy atom. The summed E-state index contributed by atoms with van der Waals surface area (Å²) in [5, 5.41) is 2.76. The summed E-state index contributed by atoms with van der Waals surface area (Å²) < 4.78 is 52.9. The SMILES string of the molecule is Cc1ccc(NC(=O)c2cccc(C(F)F)c2)cc1-c1nc2c(c(N3CCOCC3)n1)S(O)(O)CC2. The quantitative estimate of drug-likeness (QED) is 0.431. The molecule has 3 N–H and O–H groups in total. The second-order valence-electron chi connectivity index (χ2n) is 8.78. The number of carbonyl (C=O) groups is 1. The van der Waals surface area contributed by atoms with Gasteiger partial charge < -0.3 is 15.0 Å². The maximum absolute atomic E-state index is 13.0. The van der Waals surface area contributed by atoms with E-state index in [0.717, 1.165) is 5.56 Å². The van der Waals surface area contributed by atoms with Crippen molar-refractivity contribution in [3.8, 4) is 11.4 Å². The molecule has 0 radical (unpaired) electrons. The van der Waals surface area contributed by atoms with E-state index < -0.39 is 22.9 Å². The molecule has 3 heterocycles. The fourth-order valence-corrected chi connectivity index (χ4v) is 6.07. The first-order valence-electron chi connectivity index (χ1n) is 11.5. The second kappa shape index (κ2) is 9.74. The number of nitrogens with zero attached hydrogens (tertiary/aromatic N) is 3. The van der Waals surface area contributed by atoms with E-state index in [1.807, 2.05) is 17.9 Å². The molecule has 2 aliphatic rings.